The molecule has 2 heterocycles. The van der Waals surface area contributed by atoms with Gasteiger partial charge in [-0.3, -0.25) is 0 Å². The van der Waals surface area contributed by atoms with Crippen LogP contribution in [0, 0.1) is 5.41 Å². The normalized spacial score (nSPS) is 16.2. The molecule has 0 bridgehead atoms. The maximum atomic E-state index is 10.7. The Hall–Kier alpha value is -1.91. The predicted molar refractivity (Wildman–Crippen MR) is 73.4 cm³/mol. The van der Waals surface area contributed by atoms with Crippen LogP contribution in [0.2, 0.25) is 0 Å². The summed E-state index contributed by atoms with van der Waals surface area (Å²) in [6, 6.07) is 0. The number of carbonyl (C=O) groups is 1. The van der Waals surface area contributed by atoms with Gasteiger partial charge < -0.3 is 10.0 Å². The van der Waals surface area contributed by atoms with E-state index >= 15 is 0 Å². The van der Waals surface area contributed by atoms with Crippen molar-refractivity contribution in [1.29, 1.82) is 0 Å². The second-order valence-corrected chi connectivity index (χ2v) is 5.75. The standard InChI is InChI=1S/C14H19N3O2/c1-14(2,3)11-4-6-17(7-5-11)13-15-8-10(9-16-13)12(18)19/h4,8-9H,5-7H2,1-3H3,(H,18,19). The fourth-order valence-electron chi connectivity index (χ4n) is 2.13. The molecule has 5 nitrogen and oxygen atoms in total. The molecule has 0 saturated carbocycles. The molecule has 1 aliphatic heterocycles. The molecular weight excluding hydrogens is 242 g/mol. The summed E-state index contributed by atoms with van der Waals surface area (Å²) < 4.78 is 0. The zero-order chi connectivity index (χ0) is 14.0. The number of carboxylic acid groups (broad SMARTS) is 1. The monoisotopic (exact) mass is 261 g/mol. The topological polar surface area (TPSA) is 66.3 Å². The molecule has 0 fully saturated rings. The van der Waals surface area contributed by atoms with Crippen LogP contribution in [0.25, 0.3) is 0 Å². The highest BCUT2D eigenvalue weighted by Gasteiger charge is 2.22. The second kappa shape index (κ2) is 4.99. The molecule has 0 spiro atoms. The number of hydrogen-bond acceptors (Lipinski definition) is 4. The van der Waals surface area contributed by atoms with Gasteiger partial charge in [0.1, 0.15) is 0 Å². The molecular formula is C14H19N3O2. The molecule has 0 amide bonds. The van der Waals surface area contributed by atoms with E-state index in [-0.39, 0.29) is 11.0 Å². The summed E-state index contributed by atoms with van der Waals surface area (Å²) in [4.78, 5) is 21.0. The van der Waals surface area contributed by atoms with Crippen LogP contribution in [0.15, 0.2) is 24.0 Å². The van der Waals surface area contributed by atoms with Gasteiger partial charge >= 0.3 is 5.97 Å². The largest absolute Gasteiger partial charge is 0.478 e. The van der Waals surface area contributed by atoms with Crippen molar-refractivity contribution < 1.29 is 9.90 Å². The molecule has 1 aliphatic rings. The van der Waals surface area contributed by atoms with Gasteiger partial charge in [-0.05, 0) is 11.8 Å². The van der Waals surface area contributed by atoms with E-state index in [4.69, 9.17) is 5.11 Å². The molecule has 1 aromatic heterocycles. The Balaban J connectivity index is 2.09. The summed E-state index contributed by atoms with van der Waals surface area (Å²) in [5, 5.41) is 8.81. The lowest BCUT2D eigenvalue weighted by molar-refractivity contribution is 0.0696. The third kappa shape index (κ3) is 3.10. The van der Waals surface area contributed by atoms with E-state index in [1.807, 2.05) is 0 Å². The van der Waals surface area contributed by atoms with Crippen LogP contribution in [0.5, 0.6) is 0 Å². The lowest BCUT2D eigenvalue weighted by atomic mass is 9.83. The highest BCUT2D eigenvalue weighted by molar-refractivity contribution is 5.86. The minimum absolute atomic E-state index is 0.117. The Morgan fingerprint density at radius 1 is 1.32 bits per heavy atom. The summed E-state index contributed by atoms with van der Waals surface area (Å²) in [5.74, 6) is -0.408. The third-order valence-electron chi connectivity index (χ3n) is 3.34. The number of rotatable bonds is 2. The van der Waals surface area contributed by atoms with E-state index in [9.17, 15) is 4.79 Å². The Morgan fingerprint density at radius 2 is 1.95 bits per heavy atom. The number of aromatic carboxylic acids is 1. The molecule has 102 valence electrons. The molecule has 0 saturated heterocycles. The lowest BCUT2D eigenvalue weighted by Crippen LogP contribution is -2.32. The molecule has 19 heavy (non-hydrogen) atoms. The van der Waals surface area contributed by atoms with Crippen LogP contribution in [0.3, 0.4) is 0 Å². The first-order valence-electron chi connectivity index (χ1n) is 6.38. The van der Waals surface area contributed by atoms with Crippen molar-refractivity contribution in [3.8, 4) is 0 Å². The second-order valence-electron chi connectivity index (χ2n) is 5.75. The zero-order valence-corrected chi connectivity index (χ0v) is 11.6. The van der Waals surface area contributed by atoms with Crippen molar-refractivity contribution >= 4 is 11.9 Å². The van der Waals surface area contributed by atoms with E-state index in [0.29, 0.717) is 5.95 Å². The first kappa shape index (κ1) is 13.5. The van der Waals surface area contributed by atoms with Gasteiger partial charge in [-0.15, -0.1) is 0 Å². The number of anilines is 1. The zero-order valence-electron chi connectivity index (χ0n) is 11.6. The van der Waals surface area contributed by atoms with Crippen LogP contribution in [0.4, 0.5) is 5.95 Å². The van der Waals surface area contributed by atoms with Gasteiger partial charge in [0.15, 0.2) is 0 Å². The molecule has 0 radical (unpaired) electrons. The average molecular weight is 261 g/mol. The quantitative estimate of drug-likeness (QED) is 0.828. The lowest BCUT2D eigenvalue weighted by Gasteiger charge is -2.32. The molecule has 2 rings (SSSR count). The summed E-state index contributed by atoms with van der Waals surface area (Å²) in [6.07, 6.45) is 5.92. The van der Waals surface area contributed by atoms with Crippen molar-refractivity contribution in [2.24, 2.45) is 5.41 Å². The van der Waals surface area contributed by atoms with Gasteiger partial charge in [0, 0.05) is 25.5 Å². The molecule has 0 unspecified atom stereocenters. The Kier molecular flexibility index (Phi) is 3.55. The fraction of sp³-hybridized carbons (Fsp3) is 0.500. The van der Waals surface area contributed by atoms with Crippen LogP contribution in [-0.2, 0) is 0 Å². The minimum atomic E-state index is -1.000. The van der Waals surface area contributed by atoms with Crippen LogP contribution < -0.4 is 4.90 Å². The molecule has 0 aliphatic carbocycles. The van der Waals surface area contributed by atoms with E-state index < -0.39 is 5.97 Å². The van der Waals surface area contributed by atoms with Crippen molar-refractivity contribution in [2.75, 3.05) is 18.0 Å². The smallest absolute Gasteiger partial charge is 0.338 e. The molecule has 1 N–H and O–H groups in total. The highest BCUT2D eigenvalue weighted by atomic mass is 16.4. The van der Waals surface area contributed by atoms with E-state index in [0.717, 1.165) is 19.5 Å². The van der Waals surface area contributed by atoms with Gasteiger partial charge in [-0.1, -0.05) is 32.4 Å². The Morgan fingerprint density at radius 3 is 2.37 bits per heavy atom. The molecule has 0 aromatic carbocycles. The minimum Gasteiger partial charge on any atom is -0.478 e. The van der Waals surface area contributed by atoms with Crippen molar-refractivity contribution in [1.82, 2.24) is 9.97 Å². The van der Waals surface area contributed by atoms with E-state index in [1.54, 1.807) is 0 Å². The van der Waals surface area contributed by atoms with Crippen LogP contribution in [-0.4, -0.2) is 34.1 Å². The van der Waals surface area contributed by atoms with Crippen molar-refractivity contribution in [2.45, 2.75) is 27.2 Å². The molecule has 1 aromatic rings. The van der Waals surface area contributed by atoms with E-state index in [1.165, 1.54) is 18.0 Å². The summed E-state index contributed by atoms with van der Waals surface area (Å²) in [6.45, 7) is 8.29. The summed E-state index contributed by atoms with van der Waals surface area (Å²) in [5.41, 5.74) is 1.78. The van der Waals surface area contributed by atoms with Crippen molar-refractivity contribution in [3.63, 3.8) is 0 Å². The van der Waals surface area contributed by atoms with Crippen molar-refractivity contribution in [3.05, 3.63) is 29.6 Å². The Labute approximate surface area is 113 Å². The van der Waals surface area contributed by atoms with Gasteiger partial charge in [0.05, 0.1) is 5.56 Å². The SMILES string of the molecule is CC(C)(C)C1=CCN(c2ncc(C(=O)O)cn2)CC1. The maximum absolute atomic E-state index is 10.7. The Bertz CT molecular complexity index is 500. The number of carboxylic acids is 1. The number of aromatic nitrogens is 2. The number of nitrogens with zero attached hydrogens (tertiary/aromatic N) is 3. The maximum Gasteiger partial charge on any atom is 0.338 e. The first-order valence-corrected chi connectivity index (χ1v) is 6.38. The summed E-state index contributed by atoms with van der Waals surface area (Å²) in [7, 11) is 0. The van der Waals surface area contributed by atoms with E-state index in [2.05, 4.69) is 41.7 Å². The van der Waals surface area contributed by atoms with Gasteiger partial charge in [0.2, 0.25) is 5.95 Å². The first-order chi connectivity index (χ1) is 8.88. The van der Waals surface area contributed by atoms with Crippen LogP contribution in [0.1, 0.15) is 37.6 Å². The third-order valence-corrected chi connectivity index (χ3v) is 3.34. The van der Waals surface area contributed by atoms with Gasteiger partial charge in [0.25, 0.3) is 0 Å². The van der Waals surface area contributed by atoms with Gasteiger partial charge in [-0.25, -0.2) is 14.8 Å². The molecule has 0 atom stereocenters. The summed E-state index contributed by atoms with van der Waals surface area (Å²) >= 11 is 0. The predicted octanol–water partition coefficient (Wildman–Crippen LogP) is 2.36. The fourth-order valence-corrected chi connectivity index (χ4v) is 2.13. The average Bonchev–Trinajstić information content (AvgIpc) is 2.38. The van der Waals surface area contributed by atoms with Gasteiger partial charge in [-0.2, -0.15) is 0 Å². The van der Waals surface area contributed by atoms with Crippen LogP contribution >= 0.6 is 0 Å². The molecule has 5 heteroatoms. The number of hydrogen-bond donors (Lipinski definition) is 1. The highest BCUT2D eigenvalue weighted by Crippen LogP contribution is 2.30.